The van der Waals surface area contributed by atoms with Crippen LogP contribution < -0.4 is 4.90 Å². The zero-order valence-electron chi connectivity index (χ0n) is 22.5. The zero-order valence-corrected chi connectivity index (χ0v) is 22.5. The first-order chi connectivity index (χ1) is 17.2. The van der Waals surface area contributed by atoms with Gasteiger partial charge in [-0.25, -0.2) is 0 Å². The van der Waals surface area contributed by atoms with Crippen LogP contribution in [-0.2, 0) is 19.5 Å². The number of nitrogens with zero attached hydrogens (tertiary/aromatic N) is 3. The van der Waals surface area contributed by atoms with Crippen LogP contribution in [0.1, 0.15) is 32.8 Å². The minimum Gasteiger partial charge on any atom is -0.378 e. The molecule has 2 aromatic heterocycles. The molecule has 182 valence electrons. The Kier molecular flexibility index (Phi) is 4.98. The topological polar surface area (TPSA) is 13.1 Å². The molecule has 6 rings (SSSR count). The van der Waals surface area contributed by atoms with Gasteiger partial charge in [0.15, 0.2) is 0 Å². The summed E-state index contributed by atoms with van der Waals surface area (Å²) in [5.74, 6) is 0. The Bertz CT molecular complexity index is 1790. The van der Waals surface area contributed by atoms with E-state index in [0.29, 0.717) is 0 Å². The number of benzene rings is 4. The molecule has 36 heavy (non-hydrogen) atoms. The van der Waals surface area contributed by atoms with Crippen molar-refractivity contribution in [3.8, 4) is 11.1 Å². The molecule has 0 bridgehead atoms. The van der Waals surface area contributed by atoms with Crippen molar-refractivity contribution in [2.75, 3.05) is 19.0 Å². The highest BCUT2D eigenvalue weighted by molar-refractivity contribution is 6.12. The van der Waals surface area contributed by atoms with E-state index in [2.05, 4.69) is 136 Å². The quantitative estimate of drug-likeness (QED) is 0.250. The van der Waals surface area contributed by atoms with Gasteiger partial charge in [0.25, 0.3) is 0 Å². The van der Waals surface area contributed by atoms with Crippen molar-refractivity contribution in [3.63, 3.8) is 0 Å². The molecule has 0 fully saturated rings. The molecular weight excluding hydrogens is 438 g/mol. The summed E-state index contributed by atoms with van der Waals surface area (Å²) in [5.41, 5.74) is 10.4. The highest BCUT2D eigenvalue weighted by Gasteiger charge is 2.20. The fraction of sp³-hybridized carbons (Fsp3) is 0.273. The minimum absolute atomic E-state index is 0.165. The van der Waals surface area contributed by atoms with E-state index in [0.717, 1.165) is 6.42 Å². The van der Waals surface area contributed by atoms with E-state index in [1.54, 1.807) is 0 Å². The van der Waals surface area contributed by atoms with Crippen molar-refractivity contribution < 1.29 is 0 Å². The fourth-order valence-electron chi connectivity index (χ4n) is 5.69. The Morgan fingerprint density at radius 1 is 0.611 bits per heavy atom. The van der Waals surface area contributed by atoms with Crippen LogP contribution >= 0.6 is 0 Å². The van der Waals surface area contributed by atoms with Gasteiger partial charge in [-0.2, -0.15) is 0 Å². The molecule has 0 spiro atoms. The Morgan fingerprint density at radius 2 is 1.06 bits per heavy atom. The first-order valence-corrected chi connectivity index (χ1v) is 12.9. The predicted molar refractivity (Wildman–Crippen MR) is 157 cm³/mol. The molecule has 2 heterocycles. The molecule has 0 radical (unpaired) electrons. The molecule has 0 saturated heterocycles. The van der Waals surface area contributed by atoms with Crippen molar-refractivity contribution in [3.05, 3.63) is 78.4 Å². The zero-order chi connectivity index (χ0) is 25.4. The highest BCUT2D eigenvalue weighted by Crippen LogP contribution is 2.38. The largest absolute Gasteiger partial charge is 0.378 e. The van der Waals surface area contributed by atoms with Crippen LogP contribution in [-0.4, -0.2) is 23.2 Å². The maximum atomic E-state index is 2.42. The summed E-state index contributed by atoms with van der Waals surface area (Å²) < 4.78 is 4.63. The van der Waals surface area contributed by atoms with E-state index >= 15 is 0 Å². The standard InChI is InChI=1S/C33H35N3/c1-8-33(2,3)23-11-15-31-27(19-23)25-17-21(9-13-29(25)35(31)6)22-10-14-30-26(18-22)28-20-24(34(4)5)12-16-32(28)36(30)7/h9-20H,8H2,1-7H3. The van der Waals surface area contributed by atoms with Gasteiger partial charge in [0.2, 0.25) is 0 Å². The Labute approximate surface area is 213 Å². The van der Waals surface area contributed by atoms with Crippen molar-refractivity contribution >= 4 is 49.3 Å². The van der Waals surface area contributed by atoms with Gasteiger partial charge in [-0.1, -0.05) is 39.0 Å². The second kappa shape index (κ2) is 7.89. The number of aryl methyl sites for hydroxylation is 2. The minimum atomic E-state index is 0.165. The lowest BCUT2D eigenvalue weighted by Crippen LogP contribution is -2.15. The maximum Gasteiger partial charge on any atom is 0.0490 e. The van der Waals surface area contributed by atoms with Crippen LogP contribution in [0.2, 0.25) is 0 Å². The smallest absolute Gasteiger partial charge is 0.0490 e. The molecule has 3 heteroatoms. The summed E-state index contributed by atoms with van der Waals surface area (Å²) in [4.78, 5) is 2.17. The third kappa shape index (κ3) is 3.26. The normalized spacial score (nSPS) is 12.4. The first kappa shape index (κ1) is 22.7. The first-order valence-electron chi connectivity index (χ1n) is 12.9. The summed E-state index contributed by atoms with van der Waals surface area (Å²) in [5, 5.41) is 5.28. The molecule has 0 N–H and O–H groups in total. The van der Waals surface area contributed by atoms with Gasteiger partial charge in [0.05, 0.1) is 0 Å². The molecule has 3 nitrogen and oxygen atoms in total. The monoisotopic (exact) mass is 473 g/mol. The van der Waals surface area contributed by atoms with Gasteiger partial charge in [-0.15, -0.1) is 0 Å². The van der Waals surface area contributed by atoms with Gasteiger partial charge in [0.1, 0.15) is 0 Å². The van der Waals surface area contributed by atoms with Gasteiger partial charge in [-0.05, 0) is 83.1 Å². The van der Waals surface area contributed by atoms with E-state index in [-0.39, 0.29) is 5.41 Å². The number of hydrogen-bond acceptors (Lipinski definition) is 1. The van der Waals surface area contributed by atoms with Crippen LogP contribution in [0, 0.1) is 0 Å². The summed E-state index contributed by atoms with van der Waals surface area (Å²) in [6.07, 6.45) is 1.12. The lowest BCUT2D eigenvalue weighted by atomic mass is 9.82. The van der Waals surface area contributed by atoms with E-state index < -0.39 is 0 Å². The third-order valence-corrected chi connectivity index (χ3v) is 8.51. The van der Waals surface area contributed by atoms with Crippen molar-refractivity contribution in [2.24, 2.45) is 14.1 Å². The summed E-state index contributed by atoms with van der Waals surface area (Å²) >= 11 is 0. The van der Waals surface area contributed by atoms with Crippen molar-refractivity contribution in [1.29, 1.82) is 0 Å². The van der Waals surface area contributed by atoms with Crippen LogP contribution in [0.3, 0.4) is 0 Å². The van der Waals surface area contributed by atoms with Crippen LogP contribution in [0.15, 0.2) is 72.8 Å². The fourth-order valence-corrected chi connectivity index (χ4v) is 5.69. The lowest BCUT2D eigenvalue weighted by molar-refractivity contribution is 0.507. The van der Waals surface area contributed by atoms with Crippen LogP contribution in [0.25, 0.3) is 54.7 Å². The number of fused-ring (bicyclic) bond motifs is 6. The molecular formula is C33H35N3. The number of rotatable bonds is 4. The van der Waals surface area contributed by atoms with Crippen molar-refractivity contribution in [2.45, 2.75) is 32.6 Å². The van der Waals surface area contributed by atoms with Gasteiger partial charge < -0.3 is 14.0 Å². The molecule has 0 aliphatic carbocycles. The second-order valence-corrected chi connectivity index (χ2v) is 11.1. The summed E-state index contributed by atoms with van der Waals surface area (Å²) in [6, 6.07) is 27.6. The molecule has 0 amide bonds. The molecule has 0 aliphatic heterocycles. The highest BCUT2D eigenvalue weighted by atomic mass is 15.1. The average Bonchev–Trinajstić information content (AvgIpc) is 3.34. The van der Waals surface area contributed by atoms with Crippen LogP contribution in [0.5, 0.6) is 0 Å². The van der Waals surface area contributed by atoms with E-state index in [4.69, 9.17) is 0 Å². The van der Waals surface area contributed by atoms with E-state index in [1.807, 2.05) is 0 Å². The van der Waals surface area contributed by atoms with Crippen LogP contribution in [0.4, 0.5) is 5.69 Å². The Balaban J connectivity index is 1.57. The summed E-state index contributed by atoms with van der Waals surface area (Å²) in [6.45, 7) is 6.95. The molecule has 4 aromatic carbocycles. The average molecular weight is 474 g/mol. The van der Waals surface area contributed by atoms with E-state index in [1.165, 1.54) is 66.0 Å². The Hall–Kier alpha value is -3.72. The number of anilines is 1. The molecule has 0 unspecified atom stereocenters. The maximum absolute atomic E-state index is 2.42. The second-order valence-electron chi connectivity index (χ2n) is 11.1. The van der Waals surface area contributed by atoms with E-state index in [9.17, 15) is 0 Å². The SMILES string of the molecule is CCC(C)(C)c1ccc2c(c1)c1cc(-c3ccc4c(c3)c3cc(N(C)C)ccc3n4C)ccc1n2C. The predicted octanol–water partition coefficient (Wildman–Crippen LogP) is 8.40. The van der Waals surface area contributed by atoms with Gasteiger partial charge in [0, 0.05) is 77.5 Å². The molecule has 0 aliphatic rings. The Morgan fingerprint density at radius 3 is 1.56 bits per heavy atom. The molecule has 6 aromatic rings. The summed E-state index contributed by atoms with van der Waals surface area (Å²) in [7, 11) is 8.55. The molecule has 0 atom stereocenters. The lowest BCUT2D eigenvalue weighted by Gasteiger charge is -2.23. The number of hydrogen-bond donors (Lipinski definition) is 0. The van der Waals surface area contributed by atoms with Crippen molar-refractivity contribution in [1.82, 2.24) is 9.13 Å². The number of aromatic nitrogens is 2. The molecule has 0 saturated carbocycles. The third-order valence-electron chi connectivity index (χ3n) is 8.51. The van der Waals surface area contributed by atoms with Gasteiger partial charge in [-0.3, -0.25) is 0 Å². The van der Waals surface area contributed by atoms with Gasteiger partial charge >= 0.3 is 0 Å².